The molecule has 0 N–H and O–H groups in total. The van der Waals surface area contributed by atoms with Gasteiger partial charge in [-0.15, -0.1) is 0 Å². The quantitative estimate of drug-likeness (QED) is 0.468. The molecule has 0 unspecified atom stereocenters. The van der Waals surface area contributed by atoms with Crippen molar-refractivity contribution >= 4 is 24.9 Å². The van der Waals surface area contributed by atoms with Gasteiger partial charge in [0.05, 0.1) is 0 Å². The Bertz CT molecular complexity index is 170. The highest BCUT2D eigenvalue weighted by Crippen LogP contribution is 2.06. The summed E-state index contributed by atoms with van der Waals surface area (Å²) in [5.41, 5.74) is 2.44. The summed E-state index contributed by atoms with van der Waals surface area (Å²) in [6, 6.07) is 6.01. The van der Waals surface area contributed by atoms with E-state index in [4.69, 9.17) is 11.6 Å². The van der Waals surface area contributed by atoms with Crippen LogP contribution in [-0.2, 0) is 0 Å². The molecule has 1 rings (SSSR count). The highest BCUT2D eigenvalue weighted by molar-refractivity contribution is 6.36. The Kier molecular flexibility index (Phi) is 1.82. The maximum absolute atomic E-state index is 5.75. The molecule has 0 spiro atoms. The van der Waals surface area contributed by atoms with E-state index in [1.54, 1.807) is 0 Å². The Morgan fingerprint density at radius 1 is 1.33 bits per heavy atom. The second-order valence-electron chi connectivity index (χ2n) is 2.31. The first-order valence-electron chi connectivity index (χ1n) is 2.92. The molecular weight excluding hydrogens is 130 g/mol. The molecular formula is C7H8BCl. The maximum atomic E-state index is 5.75. The fraction of sp³-hybridized carbons (Fsp3) is 0.143. The van der Waals surface area contributed by atoms with E-state index in [0.29, 0.717) is 0 Å². The van der Waals surface area contributed by atoms with Crippen LogP contribution in [0.25, 0.3) is 0 Å². The maximum Gasteiger partial charge on any atom is 0.139 e. The molecule has 0 aromatic heterocycles. The predicted octanol–water partition coefficient (Wildman–Crippen LogP) is 0.907. The first-order valence-corrected chi connectivity index (χ1v) is 3.30. The van der Waals surface area contributed by atoms with Crippen molar-refractivity contribution in [2.75, 3.05) is 0 Å². The third-order valence-corrected chi connectivity index (χ3v) is 1.40. The fourth-order valence-corrected chi connectivity index (χ4v) is 1.26. The number of halogens is 1. The van der Waals surface area contributed by atoms with E-state index >= 15 is 0 Å². The van der Waals surface area contributed by atoms with E-state index in [2.05, 4.69) is 6.07 Å². The molecule has 0 aliphatic heterocycles. The van der Waals surface area contributed by atoms with E-state index in [1.165, 1.54) is 11.0 Å². The lowest BCUT2D eigenvalue weighted by Crippen LogP contribution is -2.00. The highest BCUT2D eigenvalue weighted by atomic mass is 35.5. The number of hydrogen-bond donors (Lipinski definition) is 0. The van der Waals surface area contributed by atoms with Gasteiger partial charge in [0, 0.05) is 5.02 Å². The van der Waals surface area contributed by atoms with Gasteiger partial charge in [-0.2, -0.15) is 0 Å². The topological polar surface area (TPSA) is 0 Å². The van der Waals surface area contributed by atoms with Crippen molar-refractivity contribution in [2.24, 2.45) is 0 Å². The van der Waals surface area contributed by atoms with Crippen LogP contribution in [-0.4, -0.2) is 7.85 Å². The molecule has 0 radical (unpaired) electrons. The second kappa shape index (κ2) is 2.44. The molecule has 0 amide bonds. The van der Waals surface area contributed by atoms with Gasteiger partial charge in [0.1, 0.15) is 7.85 Å². The standard InChI is InChI=1S/C7H8BCl/c1-5-2-6(8)4-7(9)3-5/h2-4H,8H2,1H3. The number of aryl methyl sites for hydroxylation is 1. The lowest BCUT2D eigenvalue weighted by atomic mass is 9.95. The largest absolute Gasteiger partial charge is 0.139 e. The van der Waals surface area contributed by atoms with E-state index in [1.807, 2.05) is 26.9 Å². The Labute approximate surface area is 61.3 Å². The molecule has 1 aromatic rings. The van der Waals surface area contributed by atoms with Gasteiger partial charge >= 0.3 is 0 Å². The Morgan fingerprint density at radius 3 is 2.44 bits per heavy atom. The summed E-state index contributed by atoms with van der Waals surface area (Å²) in [5, 5.41) is 0.826. The van der Waals surface area contributed by atoms with E-state index in [-0.39, 0.29) is 0 Å². The average Bonchev–Trinajstić information content (AvgIpc) is 1.59. The molecule has 0 saturated heterocycles. The monoisotopic (exact) mass is 138 g/mol. The van der Waals surface area contributed by atoms with Crippen LogP contribution in [0.1, 0.15) is 5.56 Å². The molecule has 2 heteroatoms. The van der Waals surface area contributed by atoms with Crippen molar-refractivity contribution in [3.63, 3.8) is 0 Å². The van der Waals surface area contributed by atoms with Crippen LogP contribution in [0.5, 0.6) is 0 Å². The minimum absolute atomic E-state index is 0.826. The molecule has 0 fully saturated rings. The molecule has 0 atom stereocenters. The van der Waals surface area contributed by atoms with Crippen molar-refractivity contribution in [3.8, 4) is 0 Å². The highest BCUT2D eigenvalue weighted by Gasteiger charge is 1.89. The van der Waals surface area contributed by atoms with E-state index in [9.17, 15) is 0 Å². The third kappa shape index (κ3) is 1.76. The van der Waals surface area contributed by atoms with Crippen LogP contribution >= 0.6 is 11.6 Å². The summed E-state index contributed by atoms with van der Waals surface area (Å²) in [6.07, 6.45) is 0. The summed E-state index contributed by atoms with van der Waals surface area (Å²) < 4.78 is 0. The van der Waals surface area contributed by atoms with Crippen molar-refractivity contribution in [1.82, 2.24) is 0 Å². The molecule has 0 bridgehead atoms. The van der Waals surface area contributed by atoms with Gasteiger partial charge in [-0.3, -0.25) is 0 Å². The van der Waals surface area contributed by atoms with Crippen molar-refractivity contribution < 1.29 is 0 Å². The predicted molar refractivity (Wildman–Crippen MR) is 44.4 cm³/mol. The zero-order chi connectivity index (χ0) is 6.85. The summed E-state index contributed by atoms with van der Waals surface area (Å²) in [7, 11) is 2.04. The number of benzene rings is 1. The van der Waals surface area contributed by atoms with E-state index in [0.717, 1.165) is 5.02 Å². The van der Waals surface area contributed by atoms with Crippen molar-refractivity contribution in [1.29, 1.82) is 0 Å². The summed E-state index contributed by atoms with van der Waals surface area (Å²) in [4.78, 5) is 0. The molecule has 9 heavy (non-hydrogen) atoms. The fourth-order valence-electron chi connectivity index (χ4n) is 0.919. The number of rotatable bonds is 0. The zero-order valence-corrected chi connectivity index (χ0v) is 6.37. The van der Waals surface area contributed by atoms with Gasteiger partial charge < -0.3 is 0 Å². The Balaban J connectivity index is 3.17. The summed E-state index contributed by atoms with van der Waals surface area (Å²) in [6.45, 7) is 2.04. The Hall–Kier alpha value is -0.425. The molecule has 0 saturated carbocycles. The van der Waals surface area contributed by atoms with Gasteiger partial charge in [-0.1, -0.05) is 28.7 Å². The molecule has 46 valence electrons. The minimum atomic E-state index is 0.826. The molecule has 0 heterocycles. The van der Waals surface area contributed by atoms with Crippen LogP contribution in [0.3, 0.4) is 0 Å². The molecule has 0 aliphatic rings. The van der Waals surface area contributed by atoms with Gasteiger partial charge in [0.25, 0.3) is 0 Å². The van der Waals surface area contributed by atoms with Crippen LogP contribution in [0.4, 0.5) is 0 Å². The van der Waals surface area contributed by atoms with Crippen LogP contribution in [0.2, 0.25) is 5.02 Å². The second-order valence-corrected chi connectivity index (χ2v) is 2.74. The molecule has 0 nitrogen and oxygen atoms in total. The van der Waals surface area contributed by atoms with Crippen LogP contribution < -0.4 is 5.46 Å². The van der Waals surface area contributed by atoms with Gasteiger partial charge in [-0.05, 0) is 19.1 Å². The zero-order valence-electron chi connectivity index (χ0n) is 5.61. The SMILES string of the molecule is Bc1cc(C)cc(Cl)c1. The summed E-state index contributed by atoms with van der Waals surface area (Å²) in [5.74, 6) is 0. The van der Waals surface area contributed by atoms with Gasteiger partial charge in [0.2, 0.25) is 0 Å². The van der Waals surface area contributed by atoms with Gasteiger partial charge in [0.15, 0.2) is 0 Å². The smallest absolute Gasteiger partial charge is 0.0872 e. The van der Waals surface area contributed by atoms with Crippen LogP contribution in [0.15, 0.2) is 18.2 Å². The first-order chi connectivity index (χ1) is 4.18. The van der Waals surface area contributed by atoms with Gasteiger partial charge in [-0.25, -0.2) is 0 Å². The average molecular weight is 138 g/mol. The van der Waals surface area contributed by atoms with Crippen LogP contribution in [0, 0.1) is 6.92 Å². The Morgan fingerprint density at radius 2 is 2.00 bits per heavy atom. The molecule has 0 aliphatic carbocycles. The lowest BCUT2D eigenvalue weighted by Gasteiger charge is -1.95. The number of hydrogen-bond acceptors (Lipinski definition) is 0. The van der Waals surface area contributed by atoms with Crippen molar-refractivity contribution in [2.45, 2.75) is 6.92 Å². The normalized spacial score (nSPS) is 9.56. The lowest BCUT2D eigenvalue weighted by molar-refractivity contribution is 1.49. The third-order valence-electron chi connectivity index (χ3n) is 1.19. The van der Waals surface area contributed by atoms with E-state index < -0.39 is 0 Å². The summed E-state index contributed by atoms with van der Waals surface area (Å²) >= 11 is 5.75. The molecule has 1 aromatic carbocycles. The first kappa shape index (κ1) is 6.69. The minimum Gasteiger partial charge on any atom is -0.0872 e. The van der Waals surface area contributed by atoms with Crippen molar-refractivity contribution in [3.05, 3.63) is 28.8 Å².